The molecule has 0 saturated heterocycles. The van der Waals surface area contributed by atoms with Gasteiger partial charge in [-0.15, -0.1) is 0 Å². The first kappa shape index (κ1) is 36.2. The van der Waals surface area contributed by atoms with Crippen molar-refractivity contribution in [3.63, 3.8) is 0 Å². The maximum atomic E-state index is 13.4. The van der Waals surface area contributed by atoms with Gasteiger partial charge in [0.05, 0.1) is 32.8 Å². The van der Waals surface area contributed by atoms with Crippen molar-refractivity contribution < 1.29 is 28.5 Å². The number of nitrogens with two attached hydrogens (primary N) is 1. The SMILES string of the molecule is CCCCCCCCCCCCCCCc1cccc(OC)c1C1C(C(=O)OC)=C(C)N(C)C(OCCN)=C1C(=O)OC. The molecule has 1 aliphatic rings. The van der Waals surface area contributed by atoms with E-state index in [9.17, 15) is 9.59 Å². The predicted molar refractivity (Wildman–Crippen MR) is 172 cm³/mol. The van der Waals surface area contributed by atoms with Crippen molar-refractivity contribution in [2.45, 2.75) is 110 Å². The van der Waals surface area contributed by atoms with Gasteiger partial charge in [0.1, 0.15) is 17.9 Å². The largest absolute Gasteiger partial charge is 0.496 e. The third kappa shape index (κ3) is 10.3. The minimum Gasteiger partial charge on any atom is -0.496 e. The van der Waals surface area contributed by atoms with E-state index in [1.807, 2.05) is 19.1 Å². The number of unbranched alkanes of at least 4 members (excludes halogenated alkanes) is 12. The van der Waals surface area contributed by atoms with E-state index in [0.29, 0.717) is 22.9 Å². The fourth-order valence-corrected chi connectivity index (χ4v) is 5.95. The number of hydrogen-bond acceptors (Lipinski definition) is 8. The standard InChI is InChI=1S/C35H56N2O6/c1-7-8-9-10-11-12-13-14-15-16-17-18-19-21-27-22-20-23-28(40-4)30(27)31-29(34(38)41-5)26(2)37(3)33(43-25-24-36)32(31)35(39)42-6/h20,22-23,31H,7-19,21,24-25,36H2,1-6H3. The number of nitrogens with zero attached hydrogens (tertiary/aromatic N) is 1. The van der Waals surface area contributed by atoms with E-state index in [1.54, 1.807) is 19.1 Å². The lowest BCUT2D eigenvalue weighted by atomic mass is 9.78. The zero-order valence-corrected chi connectivity index (χ0v) is 27.6. The topological polar surface area (TPSA) is 100 Å². The van der Waals surface area contributed by atoms with Crippen LogP contribution in [0.15, 0.2) is 40.9 Å². The molecule has 8 nitrogen and oxygen atoms in total. The van der Waals surface area contributed by atoms with Crippen LogP contribution in [0, 0.1) is 0 Å². The molecular formula is C35H56N2O6. The molecule has 1 aliphatic heterocycles. The lowest BCUT2D eigenvalue weighted by Gasteiger charge is -2.37. The van der Waals surface area contributed by atoms with Gasteiger partial charge in [0, 0.05) is 24.9 Å². The molecule has 43 heavy (non-hydrogen) atoms. The van der Waals surface area contributed by atoms with Gasteiger partial charge in [0.25, 0.3) is 0 Å². The van der Waals surface area contributed by atoms with Gasteiger partial charge in [-0.1, -0.05) is 96.1 Å². The molecule has 1 aromatic carbocycles. The molecule has 0 amide bonds. The Balaban J connectivity index is 2.24. The number of allylic oxidation sites excluding steroid dienone is 1. The minimum atomic E-state index is -0.794. The van der Waals surface area contributed by atoms with Crippen molar-refractivity contribution in [3.05, 3.63) is 52.1 Å². The lowest BCUT2D eigenvalue weighted by molar-refractivity contribution is -0.137. The van der Waals surface area contributed by atoms with Crippen LogP contribution in [0.2, 0.25) is 0 Å². The Morgan fingerprint density at radius 3 is 1.86 bits per heavy atom. The normalized spacial score (nSPS) is 15.1. The molecule has 0 aliphatic carbocycles. The molecule has 0 aromatic heterocycles. The molecule has 1 atom stereocenters. The summed E-state index contributed by atoms with van der Waals surface area (Å²) in [5.41, 5.74) is 8.71. The Morgan fingerprint density at radius 1 is 0.814 bits per heavy atom. The van der Waals surface area contributed by atoms with Crippen LogP contribution in [0.25, 0.3) is 0 Å². The van der Waals surface area contributed by atoms with E-state index in [-0.39, 0.29) is 18.7 Å². The molecule has 1 unspecified atom stereocenters. The van der Waals surface area contributed by atoms with Crippen molar-refractivity contribution in [1.82, 2.24) is 4.90 Å². The van der Waals surface area contributed by atoms with E-state index in [1.165, 1.54) is 84.8 Å². The number of benzene rings is 1. The molecule has 1 aromatic rings. The van der Waals surface area contributed by atoms with Crippen LogP contribution in [0.1, 0.15) is 114 Å². The second-order valence-electron chi connectivity index (χ2n) is 11.4. The van der Waals surface area contributed by atoms with Gasteiger partial charge in [0.2, 0.25) is 5.88 Å². The first-order valence-corrected chi connectivity index (χ1v) is 16.2. The van der Waals surface area contributed by atoms with Crippen LogP contribution in [0.5, 0.6) is 5.75 Å². The van der Waals surface area contributed by atoms with E-state index >= 15 is 0 Å². The highest BCUT2D eigenvalue weighted by atomic mass is 16.5. The van der Waals surface area contributed by atoms with Crippen LogP contribution in [0.4, 0.5) is 0 Å². The number of carbonyl (C=O) groups is 2. The maximum Gasteiger partial charge on any atom is 0.340 e. The van der Waals surface area contributed by atoms with Gasteiger partial charge in [0.15, 0.2) is 0 Å². The Hall–Kier alpha value is -3.00. The minimum absolute atomic E-state index is 0.200. The Labute approximate surface area is 260 Å². The summed E-state index contributed by atoms with van der Waals surface area (Å²) in [6.45, 7) is 4.55. The van der Waals surface area contributed by atoms with Crippen molar-refractivity contribution in [3.8, 4) is 5.75 Å². The number of esters is 2. The fourth-order valence-electron chi connectivity index (χ4n) is 5.95. The number of aryl methyl sites for hydroxylation is 1. The quantitative estimate of drug-likeness (QED) is 0.117. The van der Waals surface area contributed by atoms with Crippen LogP contribution in [-0.2, 0) is 30.2 Å². The number of hydrogen-bond donors (Lipinski definition) is 1. The zero-order valence-electron chi connectivity index (χ0n) is 27.6. The number of rotatable bonds is 21. The van der Waals surface area contributed by atoms with Gasteiger partial charge in [-0.2, -0.15) is 0 Å². The second-order valence-corrected chi connectivity index (χ2v) is 11.4. The van der Waals surface area contributed by atoms with Crippen molar-refractivity contribution >= 4 is 11.9 Å². The van der Waals surface area contributed by atoms with Crippen molar-refractivity contribution in [1.29, 1.82) is 0 Å². The van der Waals surface area contributed by atoms with E-state index < -0.39 is 17.9 Å². The third-order valence-corrected chi connectivity index (χ3v) is 8.39. The van der Waals surface area contributed by atoms with Gasteiger partial charge in [-0.25, -0.2) is 9.59 Å². The highest BCUT2D eigenvalue weighted by Crippen LogP contribution is 2.47. The third-order valence-electron chi connectivity index (χ3n) is 8.39. The van der Waals surface area contributed by atoms with E-state index in [0.717, 1.165) is 30.4 Å². The maximum absolute atomic E-state index is 13.4. The molecule has 0 spiro atoms. The van der Waals surface area contributed by atoms with Crippen molar-refractivity contribution in [2.75, 3.05) is 41.5 Å². The summed E-state index contributed by atoms with van der Waals surface area (Å²) in [5.74, 6) is -1.00. The Morgan fingerprint density at radius 2 is 1.35 bits per heavy atom. The zero-order chi connectivity index (χ0) is 31.6. The number of carbonyl (C=O) groups excluding carboxylic acids is 2. The molecule has 1 heterocycles. The summed E-state index contributed by atoms with van der Waals surface area (Å²) >= 11 is 0. The molecular weight excluding hydrogens is 544 g/mol. The summed E-state index contributed by atoms with van der Waals surface area (Å²) in [6.07, 6.45) is 17.5. The molecule has 2 rings (SSSR count). The second kappa shape index (κ2) is 20.0. The molecule has 0 fully saturated rings. The predicted octanol–water partition coefficient (Wildman–Crippen LogP) is 7.16. The van der Waals surface area contributed by atoms with Gasteiger partial charge < -0.3 is 29.6 Å². The average Bonchev–Trinajstić information content (AvgIpc) is 3.02. The molecule has 8 heteroatoms. The highest BCUT2D eigenvalue weighted by Gasteiger charge is 2.43. The lowest BCUT2D eigenvalue weighted by Crippen LogP contribution is -2.36. The molecule has 0 bridgehead atoms. The summed E-state index contributed by atoms with van der Waals surface area (Å²) in [5, 5.41) is 0. The van der Waals surface area contributed by atoms with Gasteiger partial charge in [-0.3, -0.25) is 0 Å². The van der Waals surface area contributed by atoms with E-state index in [2.05, 4.69) is 13.0 Å². The molecule has 0 radical (unpaired) electrons. The highest BCUT2D eigenvalue weighted by molar-refractivity contribution is 6.00. The summed E-state index contributed by atoms with van der Waals surface area (Å²) in [4.78, 5) is 28.4. The molecule has 0 saturated carbocycles. The molecule has 242 valence electrons. The van der Waals surface area contributed by atoms with Crippen LogP contribution in [-0.4, -0.2) is 58.4 Å². The first-order valence-electron chi connectivity index (χ1n) is 16.2. The first-order chi connectivity index (χ1) is 20.9. The van der Waals surface area contributed by atoms with Gasteiger partial charge >= 0.3 is 11.9 Å². The fraction of sp³-hybridized carbons (Fsp3) is 0.657. The van der Waals surface area contributed by atoms with Crippen LogP contribution in [0.3, 0.4) is 0 Å². The summed E-state index contributed by atoms with van der Waals surface area (Å²) in [7, 11) is 6.02. The molecule has 2 N–H and O–H groups in total. The smallest absolute Gasteiger partial charge is 0.340 e. The Bertz CT molecular complexity index is 1080. The van der Waals surface area contributed by atoms with E-state index in [4.69, 9.17) is 24.7 Å². The summed E-state index contributed by atoms with van der Waals surface area (Å²) in [6, 6.07) is 5.87. The summed E-state index contributed by atoms with van der Waals surface area (Å²) < 4.78 is 22.3. The van der Waals surface area contributed by atoms with Crippen molar-refractivity contribution in [2.24, 2.45) is 5.73 Å². The number of ether oxygens (including phenoxy) is 4. The van der Waals surface area contributed by atoms with Gasteiger partial charge in [-0.05, 0) is 31.4 Å². The Kier molecular flexibility index (Phi) is 16.9. The monoisotopic (exact) mass is 600 g/mol. The van der Waals surface area contributed by atoms with Crippen LogP contribution < -0.4 is 10.5 Å². The number of methoxy groups -OCH3 is 3. The van der Waals surface area contributed by atoms with Crippen LogP contribution >= 0.6 is 0 Å². The average molecular weight is 601 g/mol.